The molecule has 0 bridgehead atoms. The van der Waals surface area contributed by atoms with Gasteiger partial charge in [-0.15, -0.1) is 0 Å². The fourth-order valence-electron chi connectivity index (χ4n) is 3.83. The Labute approximate surface area is 216 Å². The molecular weight excluding hydrogens is 526 g/mol. The van der Waals surface area contributed by atoms with E-state index >= 15 is 0 Å². The number of nitrogen functional groups attached to an aromatic ring is 1. The van der Waals surface area contributed by atoms with Gasteiger partial charge in [0, 0.05) is 54.0 Å². The van der Waals surface area contributed by atoms with E-state index in [0.717, 1.165) is 5.56 Å². The maximum atomic E-state index is 13.6. The second kappa shape index (κ2) is 10.2. The largest absolute Gasteiger partial charge is 0.465 e. The monoisotopic (exact) mass is 549 g/mol. The minimum absolute atomic E-state index is 0.185. The number of aromatic nitrogens is 2. The first-order valence-electron chi connectivity index (χ1n) is 10.9. The molecule has 0 atom stereocenters. The van der Waals surface area contributed by atoms with E-state index in [2.05, 4.69) is 26.2 Å². The van der Waals surface area contributed by atoms with E-state index in [-0.39, 0.29) is 22.9 Å². The summed E-state index contributed by atoms with van der Waals surface area (Å²) < 4.78 is 6.88. The summed E-state index contributed by atoms with van der Waals surface area (Å²) in [5.74, 6) is -0.357. The summed E-state index contributed by atoms with van der Waals surface area (Å²) in [4.78, 5) is 44.7. The van der Waals surface area contributed by atoms with Crippen LogP contribution in [0.15, 0.2) is 65.4 Å². The number of ether oxygens (including phenoxy) is 1. The number of nitrogens with zero attached hydrogens (tertiary/aromatic N) is 3. The highest BCUT2D eigenvalue weighted by atomic mass is 79.9. The Morgan fingerprint density at radius 3 is 2.47 bits per heavy atom. The molecule has 0 radical (unpaired) electrons. The molecule has 0 saturated carbocycles. The zero-order valence-corrected chi connectivity index (χ0v) is 21.5. The Hall–Kier alpha value is -4.18. The number of esters is 1. The molecule has 1 amide bonds. The topological polar surface area (TPSA) is 120 Å². The van der Waals surface area contributed by atoms with Crippen LogP contribution in [0, 0.1) is 0 Å². The van der Waals surface area contributed by atoms with E-state index in [9.17, 15) is 14.4 Å². The van der Waals surface area contributed by atoms with Crippen LogP contribution in [-0.4, -0.2) is 53.4 Å². The third-order valence-corrected chi connectivity index (χ3v) is 6.08. The number of hydrogen-bond donors (Lipinski definition) is 2. The third kappa shape index (κ3) is 4.80. The molecule has 0 spiro atoms. The van der Waals surface area contributed by atoms with E-state index in [1.807, 2.05) is 12.1 Å². The summed E-state index contributed by atoms with van der Waals surface area (Å²) >= 11 is 3.39. The molecule has 0 aliphatic rings. The van der Waals surface area contributed by atoms with Crippen LogP contribution < -0.4 is 11.1 Å². The summed E-state index contributed by atoms with van der Waals surface area (Å²) in [5.41, 5.74) is 8.61. The van der Waals surface area contributed by atoms with Crippen molar-refractivity contribution in [2.45, 2.75) is 6.54 Å². The van der Waals surface area contributed by atoms with Crippen LogP contribution in [0.5, 0.6) is 0 Å². The van der Waals surface area contributed by atoms with Crippen LogP contribution in [0.1, 0.15) is 31.8 Å². The maximum absolute atomic E-state index is 13.6. The van der Waals surface area contributed by atoms with Gasteiger partial charge in [0.2, 0.25) is 0 Å². The van der Waals surface area contributed by atoms with Gasteiger partial charge in [-0.1, -0.05) is 40.2 Å². The summed E-state index contributed by atoms with van der Waals surface area (Å²) in [6.45, 7) is 0.465. The number of nitrogens with two attached hydrogens (primary N) is 1. The average molecular weight is 550 g/mol. The minimum Gasteiger partial charge on any atom is -0.465 e. The van der Waals surface area contributed by atoms with Crippen molar-refractivity contribution in [1.29, 1.82) is 0 Å². The van der Waals surface area contributed by atoms with Crippen molar-refractivity contribution in [1.82, 2.24) is 14.5 Å². The highest BCUT2D eigenvalue weighted by Crippen LogP contribution is 2.31. The van der Waals surface area contributed by atoms with Gasteiger partial charge in [-0.25, -0.2) is 14.6 Å². The number of fused-ring (bicyclic) bond motifs is 1. The van der Waals surface area contributed by atoms with Gasteiger partial charge in [-0.2, -0.15) is 0 Å². The number of anilines is 2. The van der Waals surface area contributed by atoms with Gasteiger partial charge in [0.25, 0.3) is 0 Å². The Balaban J connectivity index is 1.72. The fraction of sp³-hybridized carbons (Fsp3) is 0.154. The lowest BCUT2D eigenvalue weighted by atomic mass is 9.98. The van der Waals surface area contributed by atoms with Gasteiger partial charge in [0.05, 0.1) is 23.9 Å². The van der Waals surface area contributed by atoms with Crippen molar-refractivity contribution in [3.63, 3.8) is 0 Å². The van der Waals surface area contributed by atoms with E-state index in [1.165, 1.54) is 22.8 Å². The first kappa shape index (κ1) is 24.9. The molecule has 184 valence electrons. The number of ketones is 1. The minimum atomic E-state index is -0.611. The molecular formula is C26H24BrN5O4. The number of benzene rings is 2. The molecule has 4 rings (SSSR count). The number of halogens is 1. The van der Waals surface area contributed by atoms with E-state index in [0.29, 0.717) is 39.0 Å². The quantitative estimate of drug-likeness (QED) is 0.267. The zero-order chi connectivity index (χ0) is 26.0. The number of nitrogens with one attached hydrogen (secondary N) is 1. The number of carbonyl (C=O) groups is 3. The van der Waals surface area contributed by atoms with Gasteiger partial charge in [0.1, 0.15) is 5.82 Å². The van der Waals surface area contributed by atoms with Gasteiger partial charge < -0.3 is 20.7 Å². The van der Waals surface area contributed by atoms with E-state index in [4.69, 9.17) is 10.5 Å². The van der Waals surface area contributed by atoms with Crippen molar-refractivity contribution in [2.24, 2.45) is 0 Å². The molecule has 0 saturated heterocycles. The van der Waals surface area contributed by atoms with Crippen LogP contribution in [0.3, 0.4) is 0 Å². The molecule has 0 fully saturated rings. The lowest BCUT2D eigenvalue weighted by Gasteiger charge is -2.12. The van der Waals surface area contributed by atoms with Crippen molar-refractivity contribution in [3.8, 4) is 0 Å². The van der Waals surface area contributed by atoms with Gasteiger partial charge in [0.15, 0.2) is 5.78 Å². The van der Waals surface area contributed by atoms with Crippen LogP contribution in [0.4, 0.5) is 16.3 Å². The van der Waals surface area contributed by atoms with Gasteiger partial charge in [-0.05, 0) is 29.8 Å². The Bertz CT molecular complexity index is 1480. The van der Waals surface area contributed by atoms with Gasteiger partial charge in [-0.3, -0.25) is 9.36 Å². The first-order valence-corrected chi connectivity index (χ1v) is 11.7. The summed E-state index contributed by atoms with van der Waals surface area (Å²) in [7, 11) is 4.49. The van der Waals surface area contributed by atoms with Crippen molar-refractivity contribution >= 4 is 56.1 Å². The number of rotatable bonds is 6. The second-order valence-electron chi connectivity index (χ2n) is 8.25. The maximum Gasteiger partial charge on any atom is 0.338 e. The summed E-state index contributed by atoms with van der Waals surface area (Å²) in [6.07, 6.45) is 3.12. The number of carbonyl (C=O) groups excluding carboxylic acids is 3. The van der Waals surface area contributed by atoms with E-state index in [1.54, 1.807) is 56.7 Å². The molecule has 36 heavy (non-hydrogen) atoms. The Morgan fingerprint density at radius 1 is 1.11 bits per heavy atom. The molecule has 2 heterocycles. The SMILES string of the molecule is COC(=O)c1cc(Br)cc2c1c(C(=O)c1ccc(CNc3ncccc3N)cc1)cn2C(=O)N(C)C. The molecule has 0 unspecified atom stereocenters. The number of amides is 1. The average Bonchev–Trinajstić information content (AvgIpc) is 3.25. The fourth-order valence-corrected chi connectivity index (χ4v) is 4.27. The number of hydrogen-bond acceptors (Lipinski definition) is 7. The molecule has 0 aliphatic carbocycles. The zero-order valence-electron chi connectivity index (χ0n) is 19.9. The molecule has 2 aromatic carbocycles. The standard InChI is InChI=1S/C26H24BrN5O4/c1-31(2)26(35)32-14-19(22-18(25(34)36-3)11-17(27)12-21(22)32)23(33)16-8-6-15(7-9-16)13-30-24-20(28)5-4-10-29-24/h4-12,14H,13,28H2,1-3H3,(H,29,30). The second-order valence-corrected chi connectivity index (χ2v) is 9.17. The first-order chi connectivity index (χ1) is 17.2. The predicted molar refractivity (Wildman–Crippen MR) is 141 cm³/mol. The van der Waals surface area contributed by atoms with Crippen molar-refractivity contribution < 1.29 is 19.1 Å². The molecule has 4 aromatic rings. The number of methoxy groups -OCH3 is 1. The normalized spacial score (nSPS) is 10.8. The lowest BCUT2D eigenvalue weighted by molar-refractivity contribution is 0.0603. The van der Waals surface area contributed by atoms with Crippen LogP contribution >= 0.6 is 15.9 Å². The van der Waals surface area contributed by atoms with Crippen LogP contribution in [-0.2, 0) is 11.3 Å². The third-order valence-electron chi connectivity index (χ3n) is 5.62. The highest BCUT2D eigenvalue weighted by molar-refractivity contribution is 9.10. The summed E-state index contributed by atoms with van der Waals surface area (Å²) in [5, 5.41) is 3.52. The van der Waals surface area contributed by atoms with Gasteiger partial charge >= 0.3 is 12.0 Å². The molecule has 3 N–H and O–H groups in total. The highest BCUT2D eigenvalue weighted by Gasteiger charge is 2.25. The summed E-state index contributed by atoms with van der Waals surface area (Å²) in [6, 6.07) is 13.5. The van der Waals surface area contributed by atoms with Crippen molar-refractivity contribution in [2.75, 3.05) is 32.3 Å². The molecule has 2 aromatic heterocycles. The number of pyridine rings is 1. The van der Waals surface area contributed by atoms with Crippen LogP contribution in [0.2, 0.25) is 0 Å². The molecule has 10 heteroatoms. The Kier molecular flexibility index (Phi) is 7.07. The van der Waals surface area contributed by atoms with Crippen molar-refractivity contribution in [3.05, 3.63) is 87.7 Å². The van der Waals surface area contributed by atoms with E-state index < -0.39 is 5.97 Å². The molecule has 0 aliphatic heterocycles. The van der Waals surface area contributed by atoms with Crippen LogP contribution in [0.25, 0.3) is 10.9 Å². The lowest BCUT2D eigenvalue weighted by Crippen LogP contribution is -2.26. The molecule has 9 nitrogen and oxygen atoms in total. The Morgan fingerprint density at radius 2 is 1.83 bits per heavy atom. The predicted octanol–water partition coefficient (Wildman–Crippen LogP) is 4.54. The smallest absolute Gasteiger partial charge is 0.338 e.